The Morgan fingerprint density at radius 1 is 1.27 bits per heavy atom. The van der Waals surface area contributed by atoms with Crippen molar-refractivity contribution in [1.82, 2.24) is 15.1 Å². The van der Waals surface area contributed by atoms with Crippen molar-refractivity contribution in [3.05, 3.63) is 63.1 Å². The average Bonchev–Trinajstić information content (AvgIpc) is 2.51. The van der Waals surface area contributed by atoms with E-state index in [1.165, 1.54) is 11.7 Å². The van der Waals surface area contributed by atoms with E-state index in [1.807, 2.05) is 30.3 Å². The maximum Gasteiger partial charge on any atom is 0.279 e. The third-order valence-electron chi connectivity index (χ3n) is 3.30. The van der Waals surface area contributed by atoms with Gasteiger partial charge in [-0.05, 0) is 31.5 Å². The smallest absolute Gasteiger partial charge is 0.279 e. The number of rotatable bonds is 2. The minimum absolute atomic E-state index is 0.122. The van der Waals surface area contributed by atoms with E-state index in [4.69, 9.17) is 0 Å². The van der Waals surface area contributed by atoms with E-state index >= 15 is 0 Å². The highest BCUT2D eigenvalue weighted by molar-refractivity contribution is 5.95. The predicted molar refractivity (Wildman–Crippen MR) is 84.6 cm³/mol. The van der Waals surface area contributed by atoms with Gasteiger partial charge in [0.1, 0.15) is 5.56 Å². The zero-order valence-electron chi connectivity index (χ0n) is 12.8. The number of nitrogens with one attached hydrogen (secondary N) is 1. The normalized spacial score (nSPS) is 9.77. The third-order valence-corrected chi connectivity index (χ3v) is 3.30. The Morgan fingerprint density at radius 3 is 2.64 bits per heavy atom. The van der Waals surface area contributed by atoms with Crippen LogP contribution in [0.1, 0.15) is 27.2 Å². The van der Waals surface area contributed by atoms with E-state index < -0.39 is 11.5 Å². The van der Waals surface area contributed by atoms with Crippen LogP contribution in [0.3, 0.4) is 0 Å². The predicted octanol–water partition coefficient (Wildman–Crippen LogP) is 1.18. The van der Waals surface area contributed by atoms with Gasteiger partial charge in [-0.25, -0.2) is 4.68 Å². The number of carbonyl (C=O) groups is 1. The molecule has 0 atom stereocenters. The van der Waals surface area contributed by atoms with Crippen LogP contribution in [0.25, 0.3) is 0 Å². The first-order valence-corrected chi connectivity index (χ1v) is 6.87. The summed E-state index contributed by atoms with van der Waals surface area (Å²) in [5.74, 6) is 5.38. The summed E-state index contributed by atoms with van der Waals surface area (Å²) in [6.45, 7) is 3.66. The first-order chi connectivity index (χ1) is 10.5. The van der Waals surface area contributed by atoms with Crippen LogP contribution in [0.15, 0.2) is 35.1 Å². The molecule has 22 heavy (non-hydrogen) atoms. The second-order valence-electron chi connectivity index (χ2n) is 4.86. The molecule has 1 N–H and O–H groups in total. The standard InChI is InChI=1S/C17H17N3O2/c1-12-13(2)19-20(3)17(22)15(12)16(21)18-11-7-10-14-8-5-4-6-9-14/h4-6,8-9H,11H2,1-3H3,(H,18,21). The molecule has 5 nitrogen and oxygen atoms in total. The van der Waals surface area contributed by atoms with Gasteiger partial charge in [-0.15, -0.1) is 0 Å². The molecule has 1 aromatic heterocycles. The number of amides is 1. The van der Waals surface area contributed by atoms with E-state index in [0.717, 1.165) is 5.56 Å². The van der Waals surface area contributed by atoms with E-state index in [0.29, 0.717) is 11.3 Å². The van der Waals surface area contributed by atoms with Crippen LogP contribution < -0.4 is 10.9 Å². The molecule has 2 aromatic rings. The number of hydrogen-bond acceptors (Lipinski definition) is 3. The van der Waals surface area contributed by atoms with Crippen LogP contribution in [0.2, 0.25) is 0 Å². The number of carbonyl (C=O) groups excluding carboxylic acids is 1. The van der Waals surface area contributed by atoms with Crippen LogP contribution in [-0.4, -0.2) is 22.2 Å². The van der Waals surface area contributed by atoms with E-state index in [2.05, 4.69) is 22.3 Å². The first kappa shape index (κ1) is 15.5. The Bertz CT molecular complexity index is 812. The van der Waals surface area contributed by atoms with Crippen molar-refractivity contribution in [3.8, 4) is 11.8 Å². The van der Waals surface area contributed by atoms with Crippen molar-refractivity contribution in [2.24, 2.45) is 7.05 Å². The SMILES string of the molecule is Cc1nn(C)c(=O)c(C(=O)NCC#Cc2ccccc2)c1C. The van der Waals surface area contributed by atoms with Gasteiger partial charge in [0.25, 0.3) is 11.5 Å². The number of nitrogens with zero attached hydrogens (tertiary/aromatic N) is 2. The molecule has 5 heteroatoms. The van der Waals surface area contributed by atoms with Crippen LogP contribution in [0, 0.1) is 25.7 Å². The van der Waals surface area contributed by atoms with E-state index in [1.54, 1.807) is 13.8 Å². The number of aromatic nitrogens is 2. The molecule has 0 fully saturated rings. The molecule has 2 rings (SSSR count). The summed E-state index contributed by atoms with van der Waals surface area (Å²) in [4.78, 5) is 24.2. The molecule has 0 spiro atoms. The molecule has 0 saturated carbocycles. The van der Waals surface area contributed by atoms with Gasteiger partial charge < -0.3 is 5.32 Å². The van der Waals surface area contributed by atoms with Gasteiger partial charge in [-0.1, -0.05) is 30.0 Å². The van der Waals surface area contributed by atoms with Crippen molar-refractivity contribution in [1.29, 1.82) is 0 Å². The Balaban J connectivity index is 2.12. The third kappa shape index (κ3) is 3.41. The number of benzene rings is 1. The average molecular weight is 295 g/mol. The Kier molecular flexibility index (Phi) is 4.74. The molecule has 0 aliphatic rings. The molecule has 1 amide bonds. The first-order valence-electron chi connectivity index (χ1n) is 6.87. The van der Waals surface area contributed by atoms with Crippen LogP contribution in [0.4, 0.5) is 0 Å². The highest BCUT2D eigenvalue weighted by Crippen LogP contribution is 2.05. The lowest BCUT2D eigenvalue weighted by Gasteiger charge is -2.08. The van der Waals surface area contributed by atoms with Crippen molar-refractivity contribution < 1.29 is 4.79 Å². The van der Waals surface area contributed by atoms with Gasteiger partial charge in [0.2, 0.25) is 0 Å². The summed E-state index contributed by atoms with van der Waals surface area (Å²) in [6.07, 6.45) is 0. The Hall–Kier alpha value is -2.87. The van der Waals surface area contributed by atoms with Crippen molar-refractivity contribution >= 4 is 5.91 Å². The molecule has 0 saturated heterocycles. The molecule has 1 aromatic carbocycles. The quantitative estimate of drug-likeness (QED) is 0.846. The minimum Gasteiger partial charge on any atom is -0.341 e. The fourth-order valence-corrected chi connectivity index (χ4v) is 2.00. The van der Waals surface area contributed by atoms with E-state index in [9.17, 15) is 9.59 Å². The van der Waals surface area contributed by atoms with E-state index in [-0.39, 0.29) is 12.1 Å². The summed E-state index contributed by atoms with van der Waals surface area (Å²) in [5, 5.41) is 6.70. The molecular weight excluding hydrogens is 278 g/mol. The fourth-order valence-electron chi connectivity index (χ4n) is 2.00. The maximum absolute atomic E-state index is 12.2. The molecule has 1 heterocycles. The Labute approximate surface area is 129 Å². The number of aryl methyl sites for hydroxylation is 2. The molecule has 0 radical (unpaired) electrons. The molecule has 112 valence electrons. The maximum atomic E-state index is 12.2. The van der Waals surface area contributed by atoms with Gasteiger partial charge in [0, 0.05) is 12.6 Å². The lowest BCUT2D eigenvalue weighted by molar-refractivity contribution is 0.0955. The lowest BCUT2D eigenvalue weighted by atomic mass is 10.1. The zero-order valence-corrected chi connectivity index (χ0v) is 12.8. The summed E-state index contributed by atoms with van der Waals surface area (Å²) in [7, 11) is 1.53. The van der Waals surface area contributed by atoms with Crippen LogP contribution in [0.5, 0.6) is 0 Å². The summed E-state index contributed by atoms with van der Waals surface area (Å²) in [5.41, 5.74) is 1.84. The van der Waals surface area contributed by atoms with Gasteiger partial charge >= 0.3 is 0 Å². The lowest BCUT2D eigenvalue weighted by Crippen LogP contribution is -2.35. The van der Waals surface area contributed by atoms with Crippen molar-refractivity contribution in [2.45, 2.75) is 13.8 Å². The minimum atomic E-state index is -0.425. The van der Waals surface area contributed by atoms with Crippen LogP contribution in [-0.2, 0) is 7.05 Å². The molecular formula is C17H17N3O2. The van der Waals surface area contributed by atoms with Gasteiger partial charge in [0.15, 0.2) is 0 Å². The fraction of sp³-hybridized carbons (Fsp3) is 0.235. The van der Waals surface area contributed by atoms with Gasteiger partial charge in [-0.3, -0.25) is 9.59 Å². The summed E-state index contributed by atoms with van der Waals surface area (Å²) >= 11 is 0. The monoisotopic (exact) mass is 295 g/mol. The largest absolute Gasteiger partial charge is 0.341 e. The molecule has 0 bridgehead atoms. The molecule has 0 aliphatic carbocycles. The highest BCUT2D eigenvalue weighted by Gasteiger charge is 2.16. The van der Waals surface area contributed by atoms with Gasteiger partial charge in [0.05, 0.1) is 12.2 Å². The highest BCUT2D eigenvalue weighted by atomic mass is 16.2. The molecule has 0 unspecified atom stereocenters. The number of hydrogen-bond donors (Lipinski definition) is 1. The second-order valence-corrected chi connectivity index (χ2v) is 4.86. The summed E-state index contributed by atoms with van der Waals surface area (Å²) in [6, 6.07) is 9.49. The zero-order chi connectivity index (χ0) is 16.1. The van der Waals surface area contributed by atoms with Crippen molar-refractivity contribution in [3.63, 3.8) is 0 Å². The van der Waals surface area contributed by atoms with Gasteiger partial charge in [-0.2, -0.15) is 5.10 Å². The topological polar surface area (TPSA) is 64.0 Å². The molecule has 0 aliphatic heterocycles. The Morgan fingerprint density at radius 2 is 1.95 bits per heavy atom. The second kappa shape index (κ2) is 6.72. The van der Waals surface area contributed by atoms with Crippen molar-refractivity contribution in [2.75, 3.05) is 6.54 Å². The van der Waals surface area contributed by atoms with Crippen LogP contribution >= 0.6 is 0 Å². The summed E-state index contributed by atoms with van der Waals surface area (Å²) < 4.78 is 1.17.